The van der Waals surface area contributed by atoms with Gasteiger partial charge in [0, 0.05) is 7.11 Å². The van der Waals surface area contributed by atoms with Gasteiger partial charge in [0.05, 0.1) is 18.5 Å². The molecule has 1 heterocycles. The summed E-state index contributed by atoms with van der Waals surface area (Å²) in [7, 11) is 1.64. The van der Waals surface area contributed by atoms with E-state index in [1.807, 2.05) is 39.0 Å². The number of halogens is 1. The molecule has 0 spiro atoms. The molecule has 0 aliphatic heterocycles. The van der Waals surface area contributed by atoms with Crippen molar-refractivity contribution < 1.29 is 9.47 Å². The molecule has 0 saturated heterocycles. The Bertz CT molecular complexity index is 579. The van der Waals surface area contributed by atoms with Crippen molar-refractivity contribution >= 4 is 23.1 Å². The number of hydrogen-bond donors (Lipinski definition) is 1. The van der Waals surface area contributed by atoms with Crippen LogP contribution < -0.4 is 10.1 Å². The Balaban J connectivity index is 0.00000116. The molecule has 120 valence electrons. The van der Waals surface area contributed by atoms with Gasteiger partial charge in [0.1, 0.15) is 23.7 Å². The summed E-state index contributed by atoms with van der Waals surface area (Å²) in [5, 5.41) is 3.62. The number of nitrogens with one attached hydrogen (secondary N) is 1. The SMILES string of the molecule is CC.COCCOc1ccc(C)cc1Nc1ncncc1Cl. The molecular formula is C16H22ClN3O2. The largest absolute Gasteiger partial charge is 0.489 e. The highest BCUT2D eigenvalue weighted by Gasteiger charge is 2.08. The van der Waals surface area contributed by atoms with Crippen molar-refractivity contribution in [2.24, 2.45) is 0 Å². The average molecular weight is 324 g/mol. The highest BCUT2D eigenvalue weighted by molar-refractivity contribution is 6.32. The number of hydrogen-bond acceptors (Lipinski definition) is 5. The number of anilines is 2. The van der Waals surface area contributed by atoms with Crippen LogP contribution in [0.15, 0.2) is 30.7 Å². The minimum absolute atomic E-state index is 0.455. The summed E-state index contributed by atoms with van der Waals surface area (Å²) in [5.41, 5.74) is 1.92. The van der Waals surface area contributed by atoms with Crippen molar-refractivity contribution in [3.05, 3.63) is 41.3 Å². The predicted octanol–water partition coefficient (Wildman–Crippen LogP) is 4.23. The molecular weight excluding hydrogens is 302 g/mol. The third kappa shape index (κ3) is 5.50. The van der Waals surface area contributed by atoms with E-state index in [-0.39, 0.29) is 0 Å². The lowest BCUT2D eigenvalue weighted by molar-refractivity contribution is 0.146. The fraction of sp³-hybridized carbons (Fsp3) is 0.375. The van der Waals surface area contributed by atoms with Crippen LogP contribution in [-0.2, 0) is 4.74 Å². The van der Waals surface area contributed by atoms with Gasteiger partial charge in [-0.25, -0.2) is 9.97 Å². The van der Waals surface area contributed by atoms with E-state index in [0.29, 0.717) is 24.1 Å². The lowest BCUT2D eigenvalue weighted by Crippen LogP contribution is -2.06. The van der Waals surface area contributed by atoms with E-state index in [9.17, 15) is 0 Å². The summed E-state index contributed by atoms with van der Waals surface area (Å²) >= 11 is 6.04. The molecule has 6 heteroatoms. The van der Waals surface area contributed by atoms with Crippen LogP contribution in [0, 0.1) is 6.92 Å². The Morgan fingerprint density at radius 3 is 2.68 bits per heavy atom. The van der Waals surface area contributed by atoms with Crippen LogP contribution in [0.3, 0.4) is 0 Å². The van der Waals surface area contributed by atoms with Crippen LogP contribution in [0.25, 0.3) is 0 Å². The van der Waals surface area contributed by atoms with Crippen molar-refractivity contribution in [1.29, 1.82) is 0 Å². The number of benzene rings is 1. The lowest BCUT2D eigenvalue weighted by Gasteiger charge is -2.14. The van der Waals surface area contributed by atoms with Crippen molar-refractivity contribution in [2.45, 2.75) is 20.8 Å². The first-order valence-corrected chi connectivity index (χ1v) is 7.53. The van der Waals surface area contributed by atoms with E-state index < -0.39 is 0 Å². The molecule has 0 bridgehead atoms. The molecule has 0 atom stereocenters. The van der Waals surface area contributed by atoms with Crippen LogP contribution in [0.2, 0.25) is 5.02 Å². The zero-order valence-corrected chi connectivity index (χ0v) is 14.1. The second-order valence-corrected chi connectivity index (χ2v) is 4.59. The maximum Gasteiger partial charge on any atom is 0.152 e. The Morgan fingerprint density at radius 2 is 2.00 bits per heavy atom. The summed E-state index contributed by atoms with van der Waals surface area (Å²) in [6.07, 6.45) is 2.98. The minimum atomic E-state index is 0.455. The molecule has 0 fully saturated rings. The number of aryl methyl sites for hydroxylation is 1. The molecule has 0 saturated carbocycles. The van der Waals surface area contributed by atoms with Gasteiger partial charge in [-0.05, 0) is 24.6 Å². The van der Waals surface area contributed by atoms with Crippen molar-refractivity contribution in [2.75, 3.05) is 25.6 Å². The average Bonchev–Trinajstić information content (AvgIpc) is 2.54. The van der Waals surface area contributed by atoms with Crippen LogP contribution in [-0.4, -0.2) is 30.3 Å². The summed E-state index contributed by atoms with van der Waals surface area (Å²) in [4.78, 5) is 7.96. The topological polar surface area (TPSA) is 56.3 Å². The lowest BCUT2D eigenvalue weighted by atomic mass is 10.2. The predicted molar refractivity (Wildman–Crippen MR) is 90.2 cm³/mol. The monoisotopic (exact) mass is 323 g/mol. The Kier molecular flexibility index (Phi) is 8.25. The van der Waals surface area contributed by atoms with Gasteiger partial charge < -0.3 is 14.8 Å². The normalized spacial score (nSPS) is 9.68. The minimum Gasteiger partial charge on any atom is -0.489 e. The highest BCUT2D eigenvalue weighted by Crippen LogP contribution is 2.30. The first-order valence-electron chi connectivity index (χ1n) is 7.15. The molecule has 0 aliphatic carbocycles. The van der Waals surface area contributed by atoms with E-state index in [0.717, 1.165) is 17.0 Å². The van der Waals surface area contributed by atoms with Gasteiger partial charge in [-0.1, -0.05) is 31.5 Å². The summed E-state index contributed by atoms with van der Waals surface area (Å²) in [5.74, 6) is 1.27. The number of rotatable bonds is 6. The molecule has 0 unspecified atom stereocenters. The third-order valence-electron chi connectivity index (χ3n) is 2.60. The standard InChI is InChI=1S/C14H16ClN3O2.C2H6/c1-10-3-4-13(20-6-5-19-2)12(7-10)18-14-11(15)8-16-9-17-14;1-2/h3-4,7-9H,5-6H2,1-2H3,(H,16,17,18);1-2H3. The van der Waals surface area contributed by atoms with Crippen molar-refractivity contribution in [1.82, 2.24) is 9.97 Å². The van der Waals surface area contributed by atoms with Gasteiger partial charge in [0.25, 0.3) is 0 Å². The Hall–Kier alpha value is -1.85. The number of ether oxygens (including phenoxy) is 2. The van der Waals surface area contributed by atoms with Gasteiger partial charge in [-0.15, -0.1) is 0 Å². The summed E-state index contributed by atoms with van der Waals surface area (Å²) in [6.45, 7) is 7.01. The molecule has 0 aliphatic rings. The fourth-order valence-corrected chi connectivity index (χ4v) is 1.79. The van der Waals surface area contributed by atoms with Gasteiger partial charge in [0.15, 0.2) is 5.82 Å². The van der Waals surface area contributed by atoms with Crippen molar-refractivity contribution in [3.8, 4) is 5.75 Å². The summed E-state index contributed by atoms with van der Waals surface area (Å²) in [6, 6.07) is 5.86. The number of aromatic nitrogens is 2. The second kappa shape index (κ2) is 9.97. The highest BCUT2D eigenvalue weighted by atomic mass is 35.5. The molecule has 22 heavy (non-hydrogen) atoms. The van der Waals surface area contributed by atoms with E-state index in [4.69, 9.17) is 21.1 Å². The molecule has 1 aromatic carbocycles. The molecule has 1 N–H and O–H groups in total. The van der Waals surface area contributed by atoms with E-state index in [2.05, 4.69) is 15.3 Å². The van der Waals surface area contributed by atoms with Crippen molar-refractivity contribution in [3.63, 3.8) is 0 Å². The molecule has 0 radical (unpaired) electrons. The van der Waals surface area contributed by atoms with E-state index in [1.165, 1.54) is 12.5 Å². The first kappa shape index (κ1) is 18.2. The number of methoxy groups -OCH3 is 1. The third-order valence-corrected chi connectivity index (χ3v) is 2.88. The van der Waals surface area contributed by atoms with E-state index in [1.54, 1.807) is 7.11 Å². The zero-order chi connectivity index (χ0) is 16.4. The quantitative estimate of drug-likeness (QED) is 0.806. The molecule has 2 rings (SSSR count). The maximum absolute atomic E-state index is 6.04. The van der Waals surface area contributed by atoms with Gasteiger partial charge in [-0.2, -0.15) is 0 Å². The first-order chi connectivity index (χ1) is 10.7. The van der Waals surface area contributed by atoms with Crippen LogP contribution in [0.1, 0.15) is 19.4 Å². The zero-order valence-electron chi connectivity index (χ0n) is 13.4. The van der Waals surface area contributed by atoms with Crippen LogP contribution in [0.4, 0.5) is 11.5 Å². The van der Waals surface area contributed by atoms with Gasteiger partial charge in [0.2, 0.25) is 0 Å². The molecule has 0 amide bonds. The number of nitrogens with zero attached hydrogens (tertiary/aromatic N) is 2. The molecule has 1 aromatic heterocycles. The maximum atomic E-state index is 6.04. The van der Waals surface area contributed by atoms with Crippen LogP contribution >= 0.6 is 11.6 Å². The van der Waals surface area contributed by atoms with Gasteiger partial charge in [-0.3, -0.25) is 0 Å². The van der Waals surface area contributed by atoms with Crippen LogP contribution in [0.5, 0.6) is 5.75 Å². The summed E-state index contributed by atoms with van der Waals surface area (Å²) < 4.78 is 10.6. The second-order valence-electron chi connectivity index (χ2n) is 4.19. The fourth-order valence-electron chi connectivity index (χ4n) is 1.63. The molecule has 5 nitrogen and oxygen atoms in total. The molecule has 2 aromatic rings. The van der Waals surface area contributed by atoms with Gasteiger partial charge >= 0.3 is 0 Å². The van der Waals surface area contributed by atoms with E-state index >= 15 is 0 Å². The smallest absolute Gasteiger partial charge is 0.152 e. The Morgan fingerprint density at radius 1 is 1.23 bits per heavy atom. The Labute approximate surface area is 136 Å².